The Balaban J connectivity index is 1.82. The standard InChI is InChI=1S/C28H31N3O3/c1-4-7-10-21-22(11-8-5-2)31-25(29-21)17-12-13-18-24-19(14-15-20(23(17)24)28(31)34)27(33)30(26(18)32)16-9-6-3/h12-15H,4-11,16H2,1-3H3. The average Bonchev–Trinajstić information content (AvgIpc) is 3.21. The molecule has 0 aliphatic carbocycles. The highest BCUT2D eigenvalue weighted by atomic mass is 16.2. The molecular formula is C28H31N3O3. The summed E-state index contributed by atoms with van der Waals surface area (Å²) in [6, 6.07) is 7.21. The van der Waals surface area contributed by atoms with Crippen LogP contribution in [0.25, 0.3) is 27.2 Å². The number of imidazole rings is 1. The van der Waals surface area contributed by atoms with Crippen LogP contribution in [0.1, 0.15) is 91.4 Å². The second kappa shape index (κ2) is 8.82. The third-order valence-electron chi connectivity index (χ3n) is 7.11. The minimum absolute atomic E-state index is 0.110. The minimum atomic E-state index is -0.275. The molecule has 0 radical (unpaired) electrons. The number of hydrogen-bond donors (Lipinski definition) is 0. The van der Waals surface area contributed by atoms with Gasteiger partial charge in [0, 0.05) is 44.9 Å². The molecule has 2 aromatic heterocycles. The molecule has 0 fully saturated rings. The summed E-state index contributed by atoms with van der Waals surface area (Å²) in [5.41, 5.74) is 3.53. The fourth-order valence-electron chi connectivity index (χ4n) is 5.28. The number of hydrogen-bond acceptors (Lipinski definition) is 4. The van der Waals surface area contributed by atoms with Gasteiger partial charge in [-0.15, -0.1) is 0 Å². The summed E-state index contributed by atoms with van der Waals surface area (Å²) in [7, 11) is 0. The average molecular weight is 458 g/mol. The monoisotopic (exact) mass is 457 g/mol. The predicted octanol–water partition coefficient (Wildman–Crippen LogP) is 5.52. The minimum Gasteiger partial charge on any atom is -0.274 e. The molecule has 0 saturated carbocycles. The number of aromatic nitrogens is 2. The summed E-state index contributed by atoms with van der Waals surface area (Å²) in [6.45, 7) is 6.75. The lowest BCUT2D eigenvalue weighted by atomic mass is 9.90. The molecule has 1 aliphatic heterocycles. The summed E-state index contributed by atoms with van der Waals surface area (Å²) < 4.78 is 1.79. The maximum Gasteiger partial charge on any atom is 0.264 e. The first kappa shape index (κ1) is 22.5. The van der Waals surface area contributed by atoms with Crippen molar-refractivity contribution in [3.8, 4) is 0 Å². The van der Waals surface area contributed by atoms with E-state index in [1.54, 1.807) is 16.5 Å². The first-order chi connectivity index (χ1) is 16.5. The van der Waals surface area contributed by atoms with Crippen molar-refractivity contribution in [3.63, 3.8) is 0 Å². The fourth-order valence-corrected chi connectivity index (χ4v) is 5.28. The number of carbonyl (C=O) groups excluding carboxylic acids is 2. The van der Waals surface area contributed by atoms with Crippen LogP contribution in [-0.4, -0.2) is 32.6 Å². The Kier molecular flexibility index (Phi) is 5.84. The fraction of sp³-hybridized carbons (Fsp3) is 0.429. The van der Waals surface area contributed by atoms with Gasteiger partial charge in [-0.3, -0.25) is 23.7 Å². The third-order valence-corrected chi connectivity index (χ3v) is 7.11. The van der Waals surface area contributed by atoms with E-state index in [-0.39, 0.29) is 17.4 Å². The number of fused-ring (bicyclic) bond motifs is 2. The highest BCUT2D eigenvalue weighted by Gasteiger charge is 2.34. The van der Waals surface area contributed by atoms with E-state index in [1.807, 2.05) is 19.1 Å². The Hall–Kier alpha value is -3.28. The van der Waals surface area contributed by atoms with E-state index in [1.165, 1.54) is 4.90 Å². The quantitative estimate of drug-likeness (QED) is 0.310. The van der Waals surface area contributed by atoms with Crippen molar-refractivity contribution in [2.45, 2.75) is 72.1 Å². The molecule has 0 bridgehead atoms. The topological polar surface area (TPSA) is 71.8 Å². The second-order valence-corrected chi connectivity index (χ2v) is 9.36. The van der Waals surface area contributed by atoms with Crippen LogP contribution < -0.4 is 5.56 Å². The van der Waals surface area contributed by atoms with Crippen LogP contribution in [0.5, 0.6) is 0 Å². The summed E-state index contributed by atoms with van der Waals surface area (Å²) in [4.78, 5) is 46.7. The molecule has 0 unspecified atom stereocenters. The van der Waals surface area contributed by atoms with Crippen LogP contribution in [-0.2, 0) is 12.8 Å². The predicted molar refractivity (Wildman–Crippen MR) is 135 cm³/mol. The molecule has 6 nitrogen and oxygen atoms in total. The molecule has 1 aliphatic rings. The van der Waals surface area contributed by atoms with Crippen molar-refractivity contribution >= 4 is 39.0 Å². The lowest BCUT2D eigenvalue weighted by Crippen LogP contribution is -2.41. The van der Waals surface area contributed by atoms with Crippen LogP contribution in [0, 0.1) is 0 Å². The molecule has 4 aromatic rings. The molecular weight excluding hydrogens is 426 g/mol. The number of imide groups is 1. The van der Waals surface area contributed by atoms with E-state index in [2.05, 4.69) is 13.8 Å². The van der Waals surface area contributed by atoms with Gasteiger partial charge in [-0.25, -0.2) is 4.98 Å². The van der Waals surface area contributed by atoms with Crippen molar-refractivity contribution < 1.29 is 9.59 Å². The molecule has 0 N–H and O–H groups in total. The first-order valence-electron chi connectivity index (χ1n) is 12.6. The molecule has 34 heavy (non-hydrogen) atoms. The highest BCUT2D eigenvalue weighted by Crippen LogP contribution is 2.37. The van der Waals surface area contributed by atoms with Crippen LogP contribution in [0.4, 0.5) is 0 Å². The van der Waals surface area contributed by atoms with Gasteiger partial charge in [-0.1, -0.05) is 40.0 Å². The maximum atomic E-state index is 13.8. The number of pyridine rings is 1. The molecule has 2 aromatic carbocycles. The van der Waals surface area contributed by atoms with E-state index in [0.29, 0.717) is 39.5 Å². The van der Waals surface area contributed by atoms with Crippen molar-refractivity contribution in [1.29, 1.82) is 0 Å². The molecule has 3 heterocycles. The number of amides is 2. The van der Waals surface area contributed by atoms with E-state index in [9.17, 15) is 14.4 Å². The molecule has 6 heteroatoms. The van der Waals surface area contributed by atoms with Crippen LogP contribution in [0.15, 0.2) is 29.1 Å². The molecule has 0 saturated heterocycles. The van der Waals surface area contributed by atoms with Gasteiger partial charge in [0.1, 0.15) is 5.65 Å². The van der Waals surface area contributed by atoms with Gasteiger partial charge in [-0.2, -0.15) is 0 Å². The summed E-state index contributed by atoms with van der Waals surface area (Å²) in [5, 5.41) is 2.67. The second-order valence-electron chi connectivity index (χ2n) is 9.36. The molecule has 2 amide bonds. The van der Waals surface area contributed by atoms with Crippen LogP contribution >= 0.6 is 0 Å². The molecule has 5 rings (SSSR count). The number of nitrogens with zero attached hydrogens (tertiary/aromatic N) is 3. The third kappa shape index (κ3) is 3.23. The molecule has 0 spiro atoms. The zero-order chi connectivity index (χ0) is 24.0. The van der Waals surface area contributed by atoms with Gasteiger partial charge < -0.3 is 0 Å². The van der Waals surface area contributed by atoms with E-state index in [4.69, 9.17) is 4.98 Å². The largest absolute Gasteiger partial charge is 0.274 e. The Morgan fingerprint density at radius 1 is 0.735 bits per heavy atom. The van der Waals surface area contributed by atoms with Gasteiger partial charge in [0.2, 0.25) is 0 Å². The van der Waals surface area contributed by atoms with E-state index < -0.39 is 0 Å². The lowest BCUT2D eigenvalue weighted by Gasteiger charge is -2.27. The normalized spacial score (nSPS) is 13.8. The Morgan fingerprint density at radius 2 is 1.35 bits per heavy atom. The van der Waals surface area contributed by atoms with Gasteiger partial charge in [0.15, 0.2) is 0 Å². The van der Waals surface area contributed by atoms with Crippen LogP contribution in [0.2, 0.25) is 0 Å². The summed E-state index contributed by atoms with van der Waals surface area (Å²) in [5.74, 6) is -0.549. The van der Waals surface area contributed by atoms with Crippen molar-refractivity contribution in [1.82, 2.24) is 14.3 Å². The van der Waals surface area contributed by atoms with Gasteiger partial charge >= 0.3 is 0 Å². The Morgan fingerprint density at radius 3 is 2.00 bits per heavy atom. The lowest BCUT2D eigenvalue weighted by molar-refractivity contribution is 0.0608. The number of rotatable bonds is 9. The summed E-state index contributed by atoms with van der Waals surface area (Å²) >= 11 is 0. The van der Waals surface area contributed by atoms with Gasteiger partial charge in [0.25, 0.3) is 17.4 Å². The molecule has 176 valence electrons. The number of aryl methyl sites for hydroxylation is 2. The summed E-state index contributed by atoms with van der Waals surface area (Å²) in [6.07, 6.45) is 7.43. The SMILES string of the molecule is CCCCc1nc2c3ccc4c5c(ccc(c(=O)n2c1CCCC)c53)C(=O)N(CCCC)C4=O. The van der Waals surface area contributed by atoms with Crippen molar-refractivity contribution in [2.75, 3.05) is 6.54 Å². The van der Waals surface area contributed by atoms with E-state index >= 15 is 0 Å². The number of unbranched alkanes of at least 4 members (excludes halogenated alkanes) is 3. The van der Waals surface area contributed by atoms with Crippen LogP contribution in [0.3, 0.4) is 0 Å². The smallest absolute Gasteiger partial charge is 0.264 e. The number of benzene rings is 2. The molecule has 0 atom stereocenters. The van der Waals surface area contributed by atoms with E-state index in [0.717, 1.165) is 68.1 Å². The maximum absolute atomic E-state index is 13.8. The Bertz CT molecular complexity index is 1460. The zero-order valence-corrected chi connectivity index (χ0v) is 20.2. The highest BCUT2D eigenvalue weighted by molar-refractivity contribution is 6.31. The van der Waals surface area contributed by atoms with Crippen molar-refractivity contribution in [2.24, 2.45) is 0 Å². The van der Waals surface area contributed by atoms with Gasteiger partial charge in [0.05, 0.1) is 5.69 Å². The van der Waals surface area contributed by atoms with Gasteiger partial charge in [-0.05, 0) is 56.4 Å². The first-order valence-corrected chi connectivity index (χ1v) is 12.6. The Labute approximate surface area is 198 Å². The zero-order valence-electron chi connectivity index (χ0n) is 20.2. The van der Waals surface area contributed by atoms with Crippen molar-refractivity contribution in [3.05, 3.63) is 57.1 Å². The number of carbonyl (C=O) groups is 2.